The number of nitrogens with one attached hydrogen (secondary N) is 1. The van der Waals surface area contributed by atoms with E-state index >= 15 is 0 Å². The number of fused-ring (bicyclic) bond motifs is 1. The van der Waals surface area contributed by atoms with E-state index in [1.165, 1.54) is 37.2 Å². The highest BCUT2D eigenvalue weighted by molar-refractivity contribution is 7.98. The van der Waals surface area contributed by atoms with Crippen LogP contribution in [0.5, 0.6) is 0 Å². The molecular formula is C17H14N4O3S. The Morgan fingerprint density at radius 2 is 2.08 bits per heavy atom. The van der Waals surface area contributed by atoms with Crippen LogP contribution in [0.2, 0.25) is 0 Å². The minimum Gasteiger partial charge on any atom is -0.466 e. The number of hydrogen-bond acceptors (Lipinski definition) is 7. The number of thioether (sulfide) groups is 1. The Morgan fingerprint density at radius 3 is 2.84 bits per heavy atom. The van der Waals surface area contributed by atoms with Crippen LogP contribution in [0.3, 0.4) is 0 Å². The number of methoxy groups -OCH3 is 1. The summed E-state index contributed by atoms with van der Waals surface area (Å²) in [5.74, 6) is 0.171. The highest BCUT2D eigenvalue weighted by Gasteiger charge is 2.08. The molecule has 0 bridgehead atoms. The van der Waals surface area contributed by atoms with Crippen LogP contribution in [-0.2, 0) is 15.3 Å². The average molecular weight is 354 g/mol. The van der Waals surface area contributed by atoms with E-state index in [-0.39, 0.29) is 16.7 Å². The van der Waals surface area contributed by atoms with Gasteiger partial charge in [0.05, 0.1) is 19.0 Å². The number of esters is 1. The molecule has 2 aromatic heterocycles. The van der Waals surface area contributed by atoms with Gasteiger partial charge in [-0.1, -0.05) is 42.1 Å². The zero-order valence-electron chi connectivity index (χ0n) is 13.3. The summed E-state index contributed by atoms with van der Waals surface area (Å²) in [6, 6.07) is 9.88. The predicted octanol–water partition coefficient (Wildman–Crippen LogP) is 2.19. The Hall–Kier alpha value is -3.00. The van der Waals surface area contributed by atoms with Crippen molar-refractivity contribution in [1.29, 1.82) is 0 Å². The fourth-order valence-electron chi connectivity index (χ4n) is 2.01. The van der Waals surface area contributed by atoms with E-state index in [1.54, 1.807) is 0 Å². The summed E-state index contributed by atoms with van der Waals surface area (Å²) in [7, 11) is 1.28. The molecule has 0 unspecified atom stereocenters. The summed E-state index contributed by atoms with van der Waals surface area (Å²) in [4.78, 5) is 38.7. The third-order valence-electron chi connectivity index (χ3n) is 3.22. The van der Waals surface area contributed by atoms with Crippen molar-refractivity contribution in [2.75, 3.05) is 7.11 Å². The lowest BCUT2D eigenvalue weighted by Crippen LogP contribution is -2.12. The first-order chi connectivity index (χ1) is 12.2. The van der Waals surface area contributed by atoms with E-state index in [9.17, 15) is 9.59 Å². The molecular weight excluding hydrogens is 340 g/mol. The smallest absolute Gasteiger partial charge is 0.330 e. The van der Waals surface area contributed by atoms with Gasteiger partial charge >= 0.3 is 5.97 Å². The van der Waals surface area contributed by atoms with Gasteiger partial charge < -0.3 is 4.74 Å². The van der Waals surface area contributed by atoms with E-state index in [0.717, 1.165) is 5.56 Å². The summed E-state index contributed by atoms with van der Waals surface area (Å²) in [5.41, 5.74) is 1.51. The predicted molar refractivity (Wildman–Crippen MR) is 95.0 cm³/mol. The molecule has 2 heterocycles. The number of aromatic nitrogens is 4. The molecule has 0 fully saturated rings. The van der Waals surface area contributed by atoms with Crippen LogP contribution in [0.1, 0.15) is 11.3 Å². The third kappa shape index (κ3) is 4.30. The number of carbonyl (C=O) groups is 1. The van der Waals surface area contributed by atoms with Crippen LogP contribution in [0.15, 0.2) is 52.6 Å². The minimum absolute atomic E-state index is 0.121. The average Bonchev–Trinajstić information content (AvgIpc) is 2.65. The van der Waals surface area contributed by atoms with Crippen molar-refractivity contribution >= 4 is 35.0 Å². The Labute approximate surface area is 147 Å². The summed E-state index contributed by atoms with van der Waals surface area (Å²) in [6.07, 6.45) is 4.08. The Balaban J connectivity index is 1.83. The third-order valence-corrected chi connectivity index (χ3v) is 4.17. The quantitative estimate of drug-likeness (QED) is 0.324. The van der Waals surface area contributed by atoms with Crippen molar-refractivity contribution in [3.8, 4) is 0 Å². The maximum atomic E-state index is 12.2. The molecule has 0 atom stereocenters. The van der Waals surface area contributed by atoms with E-state index in [0.29, 0.717) is 16.6 Å². The largest absolute Gasteiger partial charge is 0.466 e. The van der Waals surface area contributed by atoms with Gasteiger partial charge in [0.15, 0.2) is 16.3 Å². The highest BCUT2D eigenvalue weighted by Crippen LogP contribution is 2.18. The van der Waals surface area contributed by atoms with E-state index in [2.05, 4.69) is 24.7 Å². The molecule has 3 rings (SSSR count). The van der Waals surface area contributed by atoms with Gasteiger partial charge in [-0.2, -0.15) is 0 Å². The van der Waals surface area contributed by atoms with Crippen molar-refractivity contribution in [1.82, 2.24) is 19.9 Å². The molecule has 0 aliphatic rings. The van der Waals surface area contributed by atoms with E-state index in [4.69, 9.17) is 0 Å². The molecule has 7 nitrogen and oxygen atoms in total. The Kier molecular flexibility index (Phi) is 5.20. The van der Waals surface area contributed by atoms with Crippen LogP contribution in [0.4, 0.5) is 0 Å². The highest BCUT2D eigenvalue weighted by atomic mass is 32.2. The Morgan fingerprint density at radius 1 is 1.28 bits per heavy atom. The van der Waals surface area contributed by atoms with E-state index < -0.39 is 5.97 Å². The van der Waals surface area contributed by atoms with Crippen LogP contribution in [0, 0.1) is 0 Å². The molecule has 25 heavy (non-hydrogen) atoms. The van der Waals surface area contributed by atoms with Gasteiger partial charge in [0.1, 0.15) is 0 Å². The zero-order valence-corrected chi connectivity index (χ0v) is 14.1. The topological polar surface area (TPSA) is 97.8 Å². The lowest BCUT2D eigenvalue weighted by molar-refractivity contribution is -0.134. The number of aromatic amines is 1. The summed E-state index contributed by atoms with van der Waals surface area (Å²) in [6.45, 7) is 0. The van der Waals surface area contributed by atoms with Crippen molar-refractivity contribution in [3.05, 3.63) is 64.2 Å². The van der Waals surface area contributed by atoms with E-state index in [1.807, 2.05) is 30.3 Å². The number of rotatable bonds is 5. The number of benzene rings is 1. The maximum Gasteiger partial charge on any atom is 0.330 e. The molecule has 1 N–H and O–H groups in total. The summed E-state index contributed by atoms with van der Waals surface area (Å²) < 4.78 is 4.51. The fourth-order valence-corrected chi connectivity index (χ4v) is 2.82. The van der Waals surface area contributed by atoms with Gasteiger partial charge in [-0.25, -0.2) is 19.7 Å². The number of nitrogens with zero attached hydrogens (tertiary/aromatic N) is 3. The molecule has 3 aromatic rings. The fraction of sp³-hybridized carbons (Fsp3) is 0.118. The second kappa shape index (κ2) is 7.71. The van der Waals surface area contributed by atoms with Gasteiger partial charge in [0, 0.05) is 11.8 Å². The van der Waals surface area contributed by atoms with Gasteiger partial charge in [-0.3, -0.25) is 9.78 Å². The van der Waals surface area contributed by atoms with Crippen molar-refractivity contribution in [2.24, 2.45) is 0 Å². The van der Waals surface area contributed by atoms with Gasteiger partial charge in [-0.05, 0) is 11.6 Å². The van der Waals surface area contributed by atoms with Crippen LogP contribution < -0.4 is 5.56 Å². The molecule has 126 valence electrons. The second-order valence-electron chi connectivity index (χ2n) is 4.97. The lowest BCUT2D eigenvalue weighted by Gasteiger charge is -2.03. The number of ether oxygens (including phenoxy) is 1. The molecule has 0 saturated heterocycles. The molecule has 0 amide bonds. The zero-order chi connectivity index (χ0) is 17.6. The van der Waals surface area contributed by atoms with Crippen molar-refractivity contribution in [3.63, 3.8) is 0 Å². The lowest BCUT2D eigenvalue weighted by atomic mass is 10.2. The van der Waals surface area contributed by atoms with Gasteiger partial charge in [-0.15, -0.1) is 0 Å². The molecule has 1 aromatic carbocycles. The summed E-state index contributed by atoms with van der Waals surface area (Å²) >= 11 is 1.41. The first kappa shape index (κ1) is 16.8. The van der Waals surface area contributed by atoms with Crippen molar-refractivity contribution in [2.45, 2.75) is 10.9 Å². The van der Waals surface area contributed by atoms with Crippen LogP contribution in [-0.4, -0.2) is 33.0 Å². The number of hydrogen-bond donors (Lipinski definition) is 1. The van der Waals surface area contributed by atoms with Crippen LogP contribution in [0.25, 0.3) is 17.2 Å². The second-order valence-corrected chi connectivity index (χ2v) is 5.93. The molecule has 8 heteroatoms. The SMILES string of the molecule is COC(=O)/C=C/c1cnc2nc(SCc3ccccc3)[nH]c(=O)c2n1. The first-order valence-corrected chi connectivity index (χ1v) is 8.34. The minimum atomic E-state index is -0.512. The molecule has 0 radical (unpaired) electrons. The summed E-state index contributed by atoms with van der Waals surface area (Å²) in [5, 5.41) is 0.480. The van der Waals surface area contributed by atoms with Crippen molar-refractivity contribution < 1.29 is 9.53 Å². The standard InChI is InChI=1S/C17H14N4O3S/c1-24-13(22)8-7-12-9-18-15-14(19-12)16(23)21-17(20-15)25-10-11-5-3-2-4-6-11/h2-9H,10H2,1H3,(H,18,20,21,23)/b8-7+. The maximum absolute atomic E-state index is 12.2. The number of carbonyl (C=O) groups excluding carboxylic acids is 1. The van der Waals surface area contributed by atoms with Gasteiger partial charge in [0.25, 0.3) is 5.56 Å². The Bertz CT molecular complexity index is 986. The molecule has 0 saturated carbocycles. The van der Waals surface area contributed by atoms with Gasteiger partial charge in [0.2, 0.25) is 0 Å². The van der Waals surface area contributed by atoms with Crippen LogP contribution >= 0.6 is 11.8 Å². The molecule has 0 spiro atoms. The first-order valence-electron chi connectivity index (χ1n) is 7.35. The normalized spacial score (nSPS) is 11.1. The monoisotopic (exact) mass is 354 g/mol. The molecule has 0 aliphatic carbocycles. The molecule has 0 aliphatic heterocycles. The number of H-pyrrole nitrogens is 1.